The van der Waals surface area contributed by atoms with E-state index >= 15 is 0 Å². The molecule has 1 unspecified atom stereocenters. The lowest BCUT2D eigenvalue weighted by molar-refractivity contribution is -0.0494. The zero-order valence-corrected chi connectivity index (χ0v) is 17.8. The zero-order valence-electron chi connectivity index (χ0n) is 17.0. The van der Waals surface area contributed by atoms with Crippen molar-refractivity contribution in [3.63, 3.8) is 0 Å². The number of benzene rings is 1. The first kappa shape index (κ1) is 23.5. The van der Waals surface area contributed by atoms with Crippen LogP contribution >= 0.6 is 0 Å². The highest BCUT2D eigenvalue weighted by molar-refractivity contribution is 7.90. The Morgan fingerprint density at radius 1 is 1.24 bits per heavy atom. The lowest BCUT2D eigenvalue weighted by atomic mass is 10.0. The Morgan fingerprint density at radius 2 is 1.83 bits per heavy atom. The van der Waals surface area contributed by atoms with Crippen LogP contribution in [0.1, 0.15) is 43.7 Å². The maximum absolute atomic E-state index is 12.7. The summed E-state index contributed by atoms with van der Waals surface area (Å²) in [6.45, 7) is 6.91. The lowest BCUT2D eigenvalue weighted by Crippen LogP contribution is -2.51. The number of nitrogens with zero attached hydrogens (tertiary/aromatic N) is 2. The monoisotopic (exact) mass is 434 g/mol. The summed E-state index contributed by atoms with van der Waals surface area (Å²) in [5.74, 6) is 0.799. The van der Waals surface area contributed by atoms with Gasteiger partial charge >= 0.3 is 15.5 Å². The predicted molar refractivity (Wildman–Crippen MR) is 108 cm³/mol. The van der Waals surface area contributed by atoms with Crippen LogP contribution in [0.2, 0.25) is 0 Å². The highest BCUT2D eigenvalue weighted by Crippen LogP contribution is 2.29. The molecule has 1 aromatic carbocycles. The van der Waals surface area contributed by atoms with Gasteiger partial charge in [0.2, 0.25) is 0 Å². The number of sulfonamides is 1. The van der Waals surface area contributed by atoms with Crippen LogP contribution in [0.15, 0.2) is 29.3 Å². The van der Waals surface area contributed by atoms with Crippen molar-refractivity contribution in [1.82, 2.24) is 14.9 Å². The number of nitrogens with one attached hydrogen (secondary N) is 2. The van der Waals surface area contributed by atoms with Crippen LogP contribution in [-0.4, -0.2) is 56.4 Å². The third-order valence-corrected chi connectivity index (χ3v) is 6.57. The Hall–Kier alpha value is -1.81. The second-order valence-electron chi connectivity index (χ2n) is 7.30. The summed E-state index contributed by atoms with van der Waals surface area (Å²) in [7, 11) is -5.26. The van der Waals surface area contributed by atoms with Crippen molar-refractivity contribution in [3.8, 4) is 0 Å². The van der Waals surface area contributed by atoms with E-state index in [4.69, 9.17) is 0 Å². The van der Waals surface area contributed by atoms with E-state index in [2.05, 4.69) is 46.8 Å². The molecule has 29 heavy (non-hydrogen) atoms. The quantitative estimate of drug-likeness (QED) is 0.533. The van der Waals surface area contributed by atoms with Crippen molar-refractivity contribution in [2.24, 2.45) is 4.99 Å². The second-order valence-corrected chi connectivity index (χ2v) is 9.23. The van der Waals surface area contributed by atoms with E-state index in [1.807, 2.05) is 13.8 Å². The highest BCUT2D eigenvalue weighted by Gasteiger charge is 2.50. The van der Waals surface area contributed by atoms with Crippen LogP contribution in [0, 0.1) is 6.92 Å². The van der Waals surface area contributed by atoms with Gasteiger partial charge in [-0.3, -0.25) is 4.99 Å². The first-order valence-electron chi connectivity index (χ1n) is 9.72. The van der Waals surface area contributed by atoms with Crippen LogP contribution in [0.3, 0.4) is 0 Å². The van der Waals surface area contributed by atoms with E-state index < -0.39 is 15.5 Å². The average Bonchev–Trinajstić information content (AvgIpc) is 2.66. The Kier molecular flexibility index (Phi) is 7.93. The lowest BCUT2D eigenvalue weighted by Gasteiger charge is -2.32. The van der Waals surface area contributed by atoms with Gasteiger partial charge in [-0.1, -0.05) is 36.8 Å². The Morgan fingerprint density at radius 3 is 2.34 bits per heavy atom. The molecule has 1 aliphatic rings. The molecule has 0 amide bonds. The molecule has 2 N–H and O–H groups in total. The molecular weight excluding hydrogens is 405 g/mol. The predicted octanol–water partition coefficient (Wildman–Crippen LogP) is 2.97. The van der Waals surface area contributed by atoms with E-state index in [-0.39, 0.29) is 37.9 Å². The van der Waals surface area contributed by atoms with Crippen molar-refractivity contribution >= 4 is 16.0 Å². The fourth-order valence-corrected chi connectivity index (χ4v) is 4.11. The van der Waals surface area contributed by atoms with Gasteiger partial charge in [-0.25, -0.2) is 8.42 Å². The van der Waals surface area contributed by atoms with Crippen LogP contribution in [0.25, 0.3) is 0 Å². The van der Waals surface area contributed by atoms with Crippen molar-refractivity contribution in [1.29, 1.82) is 0 Å². The second kappa shape index (κ2) is 9.80. The molecular formula is C19H29F3N4O2S. The van der Waals surface area contributed by atoms with Crippen LogP contribution < -0.4 is 10.6 Å². The van der Waals surface area contributed by atoms with Gasteiger partial charge in [0.15, 0.2) is 5.96 Å². The van der Waals surface area contributed by atoms with E-state index in [1.54, 1.807) is 0 Å². The fraction of sp³-hybridized carbons (Fsp3) is 0.632. The summed E-state index contributed by atoms with van der Waals surface area (Å²) >= 11 is 0. The molecule has 10 heteroatoms. The summed E-state index contributed by atoms with van der Waals surface area (Å²) in [5.41, 5.74) is -2.88. The third-order valence-electron chi connectivity index (χ3n) is 4.94. The first-order valence-corrected chi connectivity index (χ1v) is 11.2. The van der Waals surface area contributed by atoms with Gasteiger partial charge in [0, 0.05) is 38.1 Å². The standard InChI is InChI=1S/C19H29F3N4O2S/c1-4-23-18(24-13-15(3)16-7-5-14(2)6-8-16)25-17-9-11-26(12-10-17)29(27,28)19(20,21)22/h5-8,15,17H,4,9-13H2,1-3H3,(H2,23,24,25). The van der Waals surface area contributed by atoms with Crippen LogP contribution in [-0.2, 0) is 10.0 Å². The van der Waals surface area contributed by atoms with E-state index in [0.29, 0.717) is 23.4 Å². The maximum atomic E-state index is 12.7. The SMILES string of the molecule is CCNC(=NCC(C)c1ccc(C)cc1)NC1CCN(S(=O)(=O)C(F)(F)F)CC1. The van der Waals surface area contributed by atoms with Gasteiger partial charge < -0.3 is 10.6 Å². The van der Waals surface area contributed by atoms with Gasteiger partial charge in [-0.15, -0.1) is 0 Å². The number of guanidine groups is 1. The number of aliphatic imine (C=N–C) groups is 1. The molecule has 6 nitrogen and oxygen atoms in total. The summed E-state index contributed by atoms with van der Waals surface area (Å²) in [4.78, 5) is 4.60. The highest BCUT2D eigenvalue weighted by atomic mass is 32.2. The summed E-state index contributed by atoms with van der Waals surface area (Å²) in [6, 6.07) is 8.13. The zero-order chi connectivity index (χ0) is 21.7. The number of rotatable bonds is 6. The van der Waals surface area contributed by atoms with Crippen molar-refractivity contribution in [2.45, 2.75) is 51.1 Å². The minimum Gasteiger partial charge on any atom is -0.357 e. The van der Waals surface area contributed by atoms with Gasteiger partial charge in [0.05, 0.1) is 0 Å². The number of piperidine rings is 1. The Balaban J connectivity index is 1.94. The minimum atomic E-state index is -5.26. The van der Waals surface area contributed by atoms with Crippen molar-refractivity contribution in [3.05, 3.63) is 35.4 Å². The molecule has 1 aliphatic heterocycles. The largest absolute Gasteiger partial charge is 0.511 e. The third kappa shape index (κ3) is 6.33. The number of aryl methyl sites for hydroxylation is 1. The molecule has 164 valence electrons. The van der Waals surface area contributed by atoms with Crippen LogP contribution in [0.4, 0.5) is 13.2 Å². The van der Waals surface area contributed by atoms with E-state index in [1.165, 1.54) is 11.1 Å². The van der Waals surface area contributed by atoms with E-state index in [0.717, 1.165) is 0 Å². The van der Waals surface area contributed by atoms with Crippen LogP contribution in [0.5, 0.6) is 0 Å². The molecule has 1 saturated heterocycles. The van der Waals surface area contributed by atoms with Gasteiger partial charge in [-0.2, -0.15) is 17.5 Å². The molecule has 0 saturated carbocycles. The molecule has 1 heterocycles. The summed E-state index contributed by atoms with van der Waals surface area (Å²) in [6.07, 6.45) is 0.570. The fourth-order valence-electron chi connectivity index (χ4n) is 3.13. The number of alkyl halides is 3. The normalized spacial score (nSPS) is 18.5. The molecule has 2 rings (SSSR count). The molecule has 0 aliphatic carbocycles. The molecule has 0 aromatic heterocycles. The Bertz CT molecular complexity index is 787. The Labute approximate surface area is 170 Å². The molecule has 1 aromatic rings. The molecule has 0 bridgehead atoms. The number of halogens is 3. The number of hydrogen-bond donors (Lipinski definition) is 2. The first-order chi connectivity index (χ1) is 13.5. The van der Waals surface area contributed by atoms with Gasteiger partial charge in [0.1, 0.15) is 0 Å². The summed E-state index contributed by atoms with van der Waals surface area (Å²) < 4.78 is 61.6. The summed E-state index contributed by atoms with van der Waals surface area (Å²) in [5, 5.41) is 6.36. The van der Waals surface area contributed by atoms with Crippen molar-refractivity contribution in [2.75, 3.05) is 26.2 Å². The smallest absolute Gasteiger partial charge is 0.357 e. The molecule has 1 atom stereocenters. The topological polar surface area (TPSA) is 73.8 Å². The molecule has 0 spiro atoms. The maximum Gasteiger partial charge on any atom is 0.511 e. The molecule has 0 radical (unpaired) electrons. The van der Waals surface area contributed by atoms with E-state index in [9.17, 15) is 21.6 Å². The molecule has 1 fully saturated rings. The average molecular weight is 435 g/mol. The van der Waals surface area contributed by atoms with Crippen molar-refractivity contribution < 1.29 is 21.6 Å². The number of hydrogen-bond acceptors (Lipinski definition) is 3. The van der Waals surface area contributed by atoms with Gasteiger partial charge in [-0.05, 0) is 32.3 Å². The van der Waals surface area contributed by atoms with Gasteiger partial charge in [0.25, 0.3) is 0 Å². The minimum absolute atomic E-state index is 0.137.